The minimum absolute atomic E-state index is 0.221. The second-order valence-corrected chi connectivity index (χ2v) is 4.33. The summed E-state index contributed by atoms with van der Waals surface area (Å²) in [5, 5.41) is 3.79. The largest absolute Gasteiger partial charge is 0.493 e. The van der Waals surface area contributed by atoms with Crippen LogP contribution in [0, 0.1) is 5.82 Å². The Bertz CT molecular complexity index is 571. The Kier molecular flexibility index (Phi) is 5.58. The lowest BCUT2D eigenvalue weighted by atomic mass is 10.2. The van der Waals surface area contributed by atoms with Crippen LogP contribution in [0.4, 0.5) is 4.39 Å². The highest BCUT2D eigenvalue weighted by Gasteiger charge is 1.99. The molecule has 0 unspecified atom stereocenters. The van der Waals surface area contributed by atoms with Gasteiger partial charge in [0.05, 0.1) is 6.61 Å². The zero-order chi connectivity index (χ0) is 14.9. The fraction of sp³-hybridized carbons (Fsp3) is 0.188. The zero-order valence-corrected chi connectivity index (χ0v) is 11.5. The number of nitrogens with two attached hydrogens (primary N) is 1. The Balaban J connectivity index is 1.67. The molecule has 0 aromatic heterocycles. The van der Waals surface area contributed by atoms with Gasteiger partial charge in [0.1, 0.15) is 18.2 Å². The highest BCUT2D eigenvalue weighted by atomic mass is 19.1. The molecule has 0 saturated carbocycles. The van der Waals surface area contributed by atoms with Crippen LogP contribution in [-0.4, -0.2) is 19.0 Å². The van der Waals surface area contributed by atoms with Gasteiger partial charge in [-0.3, -0.25) is 0 Å². The summed E-state index contributed by atoms with van der Waals surface area (Å²) in [4.78, 5) is 5.11. The monoisotopic (exact) mass is 288 g/mol. The number of halogens is 1. The zero-order valence-electron chi connectivity index (χ0n) is 11.5. The van der Waals surface area contributed by atoms with Crippen molar-refractivity contribution in [3.05, 3.63) is 66.0 Å². The van der Waals surface area contributed by atoms with Gasteiger partial charge in [-0.15, -0.1) is 0 Å². The number of ether oxygens (including phenoxy) is 1. The molecule has 0 spiro atoms. The average Bonchev–Trinajstić information content (AvgIpc) is 2.52. The molecule has 0 aliphatic heterocycles. The molecule has 5 heteroatoms. The van der Waals surface area contributed by atoms with E-state index in [0.29, 0.717) is 25.2 Å². The van der Waals surface area contributed by atoms with E-state index in [9.17, 15) is 4.39 Å². The van der Waals surface area contributed by atoms with E-state index < -0.39 is 0 Å². The van der Waals surface area contributed by atoms with E-state index in [4.69, 9.17) is 15.3 Å². The Morgan fingerprint density at radius 1 is 1.00 bits per heavy atom. The maximum absolute atomic E-state index is 12.8. The van der Waals surface area contributed by atoms with Crippen LogP contribution in [0.15, 0.2) is 59.8 Å². The Labute approximate surface area is 123 Å². The number of benzene rings is 2. The topological polar surface area (TPSA) is 56.8 Å². The van der Waals surface area contributed by atoms with Gasteiger partial charge < -0.3 is 15.3 Å². The quantitative estimate of drug-likeness (QED) is 0.369. The molecule has 2 N–H and O–H groups in total. The molecule has 110 valence electrons. The number of hydrogen-bond acceptors (Lipinski definition) is 3. The number of rotatable bonds is 7. The number of oxime groups is 1. The van der Waals surface area contributed by atoms with Crippen LogP contribution in [0.2, 0.25) is 0 Å². The molecule has 2 aromatic rings. The molecule has 0 bridgehead atoms. The van der Waals surface area contributed by atoms with Crippen LogP contribution < -0.4 is 10.5 Å². The van der Waals surface area contributed by atoms with Crippen LogP contribution in [0.25, 0.3) is 0 Å². The highest BCUT2D eigenvalue weighted by Crippen LogP contribution is 2.08. The maximum atomic E-state index is 12.8. The predicted molar refractivity (Wildman–Crippen MR) is 79.6 cm³/mol. The molecular weight excluding hydrogens is 271 g/mol. The molecule has 0 heterocycles. The van der Waals surface area contributed by atoms with Crippen molar-refractivity contribution in [3.63, 3.8) is 0 Å². The second-order valence-electron chi connectivity index (χ2n) is 4.33. The molecule has 4 nitrogen and oxygen atoms in total. The van der Waals surface area contributed by atoms with Gasteiger partial charge in [-0.25, -0.2) is 4.39 Å². The van der Waals surface area contributed by atoms with Gasteiger partial charge in [0.2, 0.25) is 0 Å². The number of amidine groups is 1. The van der Waals surface area contributed by atoms with Gasteiger partial charge in [0, 0.05) is 12.0 Å². The summed E-state index contributed by atoms with van der Waals surface area (Å²) in [6.07, 6.45) is 0.690. The van der Waals surface area contributed by atoms with Crippen molar-refractivity contribution in [1.29, 1.82) is 0 Å². The lowest BCUT2D eigenvalue weighted by Crippen LogP contribution is -2.14. The average molecular weight is 288 g/mol. The van der Waals surface area contributed by atoms with Gasteiger partial charge in [-0.2, -0.15) is 0 Å². The fourth-order valence-corrected chi connectivity index (χ4v) is 1.62. The third-order valence-electron chi connectivity index (χ3n) is 2.69. The lowest BCUT2D eigenvalue weighted by molar-refractivity contribution is 0.127. The summed E-state index contributed by atoms with van der Waals surface area (Å²) < 4.78 is 18.3. The molecule has 2 rings (SSSR count). The summed E-state index contributed by atoms with van der Waals surface area (Å²) in [5.74, 6) is 0.733. The number of nitrogens with zero attached hydrogens (tertiary/aromatic N) is 1. The minimum Gasteiger partial charge on any atom is -0.493 e. The maximum Gasteiger partial charge on any atom is 0.170 e. The van der Waals surface area contributed by atoms with E-state index in [0.717, 1.165) is 5.75 Å². The molecule has 0 radical (unpaired) electrons. The van der Waals surface area contributed by atoms with Crippen molar-refractivity contribution in [1.82, 2.24) is 0 Å². The van der Waals surface area contributed by atoms with Gasteiger partial charge in [0.25, 0.3) is 0 Å². The van der Waals surface area contributed by atoms with Crippen molar-refractivity contribution in [2.75, 3.05) is 13.2 Å². The number of para-hydroxylation sites is 1. The van der Waals surface area contributed by atoms with Crippen LogP contribution in [0.5, 0.6) is 5.75 Å². The van der Waals surface area contributed by atoms with Gasteiger partial charge >= 0.3 is 0 Å². The van der Waals surface area contributed by atoms with Crippen molar-refractivity contribution >= 4 is 5.84 Å². The van der Waals surface area contributed by atoms with E-state index in [-0.39, 0.29) is 11.7 Å². The van der Waals surface area contributed by atoms with Crippen molar-refractivity contribution in [2.45, 2.75) is 6.42 Å². The Morgan fingerprint density at radius 2 is 1.71 bits per heavy atom. The molecule has 0 atom stereocenters. The summed E-state index contributed by atoms with van der Waals surface area (Å²) in [5.41, 5.74) is 6.34. The Morgan fingerprint density at radius 3 is 2.43 bits per heavy atom. The van der Waals surface area contributed by atoms with Crippen LogP contribution in [-0.2, 0) is 4.84 Å². The van der Waals surface area contributed by atoms with Crippen molar-refractivity contribution in [2.24, 2.45) is 10.9 Å². The summed E-state index contributed by atoms with van der Waals surface area (Å²) in [6.45, 7) is 0.935. The Hall–Kier alpha value is -2.56. The number of hydrogen-bond donors (Lipinski definition) is 1. The van der Waals surface area contributed by atoms with Crippen LogP contribution >= 0.6 is 0 Å². The first-order valence-corrected chi connectivity index (χ1v) is 6.65. The smallest absolute Gasteiger partial charge is 0.170 e. The predicted octanol–water partition coefficient (Wildman–Crippen LogP) is 2.93. The third-order valence-corrected chi connectivity index (χ3v) is 2.69. The van der Waals surface area contributed by atoms with E-state index in [1.165, 1.54) is 12.1 Å². The third kappa shape index (κ3) is 5.14. The van der Waals surface area contributed by atoms with Gasteiger partial charge in [-0.1, -0.05) is 23.4 Å². The normalized spacial score (nSPS) is 11.2. The molecule has 0 amide bonds. The van der Waals surface area contributed by atoms with Crippen molar-refractivity contribution < 1.29 is 14.0 Å². The molecule has 0 fully saturated rings. The van der Waals surface area contributed by atoms with Crippen LogP contribution in [0.1, 0.15) is 12.0 Å². The molecule has 21 heavy (non-hydrogen) atoms. The standard InChI is InChI=1S/C16H17FN2O2/c17-14-9-7-13(8-10-14)16(18)19-21-12-4-11-20-15-5-2-1-3-6-15/h1-3,5-10H,4,11-12H2,(H2,18,19). The lowest BCUT2D eigenvalue weighted by Gasteiger charge is -2.05. The first-order chi connectivity index (χ1) is 10.3. The SMILES string of the molecule is N/C(=N/OCCCOc1ccccc1)c1ccc(F)cc1. The summed E-state index contributed by atoms with van der Waals surface area (Å²) >= 11 is 0. The molecular formula is C16H17FN2O2. The molecule has 0 aliphatic carbocycles. The first-order valence-electron chi connectivity index (χ1n) is 6.65. The molecule has 0 aliphatic rings. The summed E-state index contributed by atoms with van der Waals surface area (Å²) in [7, 11) is 0. The minimum atomic E-state index is -0.314. The highest BCUT2D eigenvalue weighted by molar-refractivity contribution is 5.96. The molecule has 2 aromatic carbocycles. The first kappa shape index (κ1) is 14.8. The van der Waals surface area contributed by atoms with Crippen LogP contribution in [0.3, 0.4) is 0 Å². The van der Waals surface area contributed by atoms with E-state index in [2.05, 4.69) is 5.16 Å². The summed E-state index contributed by atoms with van der Waals surface area (Å²) in [6, 6.07) is 15.3. The second kappa shape index (κ2) is 7.89. The van der Waals surface area contributed by atoms with Gasteiger partial charge in [0.15, 0.2) is 5.84 Å². The van der Waals surface area contributed by atoms with Crippen molar-refractivity contribution in [3.8, 4) is 5.75 Å². The van der Waals surface area contributed by atoms with E-state index in [1.54, 1.807) is 12.1 Å². The molecule has 0 saturated heterocycles. The van der Waals surface area contributed by atoms with Gasteiger partial charge in [-0.05, 0) is 36.4 Å². The fourth-order valence-electron chi connectivity index (χ4n) is 1.62. The van der Waals surface area contributed by atoms with E-state index in [1.807, 2.05) is 30.3 Å². The van der Waals surface area contributed by atoms with E-state index >= 15 is 0 Å².